The number of hydrogen-bond acceptors (Lipinski definition) is 5. The van der Waals surface area contributed by atoms with Gasteiger partial charge in [0.1, 0.15) is 23.0 Å². The highest BCUT2D eigenvalue weighted by Crippen LogP contribution is 2.27. The van der Waals surface area contributed by atoms with Crippen LogP contribution < -0.4 is 14.9 Å². The van der Waals surface area contributed by atoms with Crippen LogP contribution in [-0.4, -0.2) is 25.3 Å². The van der Waals surface area contributed by atoms with Crippen LogP contribution in [0, 0.1) is 11.7 Å². The number of hydrazone groups is 1. The minimum Gasteiger partial charge on any atom is -0.497 e. The monoisotopic (exact) mass is 417 g/mol. The molecule has 0 saturated carbocycles. The largest absolute Gasteiger partial charge is 0.497 e. The van der Waals surface area contributed by atoms with Crippen LogP contribution in [0.3, 0.4) is 0 Å². The number of aliphatic imine (C=N–C) groups is 1. The summed E-state index contributed by atoms with van der Waals surface area (Å²) in [6.45, 7) is 4.85. The second-order valence-corrected chi connectivity index (χ2v) is 7.65. The van der Waals surface area contributed by atoms with Crippen LogP contribution in [0.15, 0.2) is 76.8 Å². The van der Waals surface area contributed by atoms with Gasteiger partial charge in [-0.15, -0.1) is 0 Å². The van der Waals surface area contributed by atoms with Gasteiger partial charge in [-0.3, -0.25) is 5.43 Å². The predicted octanol–water partition coefficient (Wildman–Crippen LogP) is 5.30. The SMILES string of the molecule is COc1ccc(C2=Nc3ccc(F)cc3C(c3ccc(OCC(C)C)cc3)=NN2)cc1. The van der Waals surface area contributed by atoms with E-state index in [9.17, 15) is 4.39 Å². The molecule has 1 aliphatic heterocycles. The first kappa shape index (κ1) is 20.6. The third-order valence-electron chi connectivity index (χ3n) is 4.79. The van der Waals surface area contributed by atoms with Crippen molar-refractivity contribution in [2.45, 2.75) is 13.8 Å². The van der Waals surface area contributed by atoms with E-state index in [4.69, 9.17) is 14.5 Å². The molecule has 158 valence electrons. The molecule has 0 unspecified atom stereocenters. The summed E-state index contributed by atoms with van der Waals surface area (Å²) in [6, 6.07) is 19.7. The molecule has 4 rings (SSSR count). The van der Waals surface area contributed by atoms with Gasteiger partial charge in [0.15, 0.2) is 5.84 Å². The van der Waals surface area contributed by atoms with E-state index in [2.05, 4.69) is 24.4 Å². The molecule has 3 aromatic rings. The van der Waals surface area contributed by atoms with Crippen molar-refractivity contribution in [3.63, 3.8) is 0 Å². The van der Waals surface area contributed by atoms with E-state index in [1.54, 1.807) is 13.2 Å². The Balaban J connectivity index is 1.70. The summed E-state index contributed by atoms with van der Waals surface area (Å²) in [4.78, 5) is 4.71. The van der Waals surface area contributed by atoms with Crippen LogP contribution in [0.2, 0.25) is 0 Å². The van der Waals surface area contributed by atoms with Gasteiger partial charge >= 0.3 is 0 Å². The Kier molecular flexibility index (Phi) is 5.98. The van der Waals surface area contributed by atoms with Crippen molar-refractivity contribution in [1.29, 1.82) is 0 Å². The number of hydrogen-bond donors (Lipinski definition) is 1. The number of amidine groups is 1. The standard InChI is InChI=1S/C25H24FN3O2/c1-16(2)15-31-21-11-4-17(5-12-21)24-22-14-19(26)8-13-23(22)27-25(29-28-24)18-6-9-20(30-3)10-7-18/h4-14,16H,15H2,1-3H3,(H,27,29). The van der Waals surface area contributed by atoms with Crippen LogP contribution in [-0.2, 0) is 0 Å². The second-order valence-electron chi connectivity index (χ2n) is 7.65. The quantitative estimate of drug-likeness (QED) is 0.592. The first-order chi connectivity index (χ1) is 15.0. The molecule has 0 atom stereocenters. The minimum atomic E-state index is -0.341. The predicted molar refractivity (Wildman–Crippen MR) is 121 cm³/mol. The summed E-state index contributed by atoms with van der Waals surface area (Å²) in [7, 11) is 1.62. The lowest BCUT2D eigenvalue weighted by atomic mass is 10.0. The third-order valence-corrected chi connectivity index (χ3v) is 4.79. The summed E-state index contributed by atoms with van der Waals surface area (Å²) < 4.78 is 25.1. The fourth-order valence-electron chi connectivity index (χ4n) is 3.18. The molecule has 1 heterocycles. The Morgan fingerprint density at radius 1 is 0.903 bits per heavy atom. The van der Waals surface area contributed by atoms with E-state index in [0.717, 1.165) is 22.6 Å². The van der Waals surface area contributed by atoms with Gasteiger partial charge in [0.05, 0.1) is 19.4 Å². The van der Waals surface area contributed by atoms with E-state index < -0.39 is 0 Å². The number of halogens is 1. The van der Waals surface area contributed by atoms with E-state index in [1.807, 2.05) is 48.5 Å². The molecule has 0 aromatic heterocycles. The lowest BCUT2D eigenvalue weighted by Gasteiger charge is -2.11. The van der Waals surface area contributed by atoms with E-state index in [1.165, 1.54) is 12.1 Å². The summed E-state index contributed by atoms with van der Waals surface area (Å²) in [5.74, 6) is 2.21. The lowest BCUT2D eigenvalue weighted by molar-refractivity contribution is 0.271. The van der Waals surface area contributed by atoms with Crippen molar-refractivity contribution in [2.24, 2.45) is 16.0 Å². The van der Waals surface area contributed by atoms with Crippen molar-refractivity contribution in [2.75, 3.05) is 13.7 Å². The van der Waals surface area contributed by atoms with Gasteiger partial charge in [0.2, 0.25) is 0 Å². The summed E-state index contributed by atoms with van der Waals surface area (Å²) >= 11 is 0. The number of rotatable bonds is 6. The number of ether oxygens (including phenoxy) is 2. The maximum atomic E-state index is 14.1. The zero-order valence-electron chi connectivity index (χ0n) is 17.7. The minimum absolute atomic E-state index is 0.341. The van der Waals surface area contributed by atoms with Crippen LogP contribution >= 0.6 is 0 Å². The van der Waals surface area contributed by atoms with Gasteiger partial charge in [0.25, 0.3) is 0 Å². The highest BCUT2D eigenvalue weighted by atomic mass is 19.1. The van der Waals surface area contributed by atoms with Crippen LogP contribution in [0.25, 0.3) is 0 Å². The molecule has 0 saturated heterocycles. The fourth-order valence-corrected chi connectivity index (χ4v) is 3.18. The number of nitrogens with one attached hydrogen (secondary N) is 1. The molecule has 0 aliphatic carbocycles. The van der Waals surface area contributed by atoms with Gasteiger partial charge in [-0.1, -0.05) is 13.8 Å². The number of fused-ring (bicyclic) bond motifs is 1. The molecular weight excluding hydrogens is 393 g/mol. The third kappa shape index (κ3) is 4.74. The molecule has 5 nitrogen and oxygen atoms in total. The average molecular weight is 417 g/mol. The summed E-state index contributed by atoms with van der Waals surface area (Å²) in [5.41, 5.74) is 6.59. The van der Waals surface area contributed by atoms with Crippen LogP contribution in [0.4, 0.5) is 10.1 Å². The van der Waals surface area contributed by atoms with Crippen molar-refractivity contribution in [3.8, 4) is 11.5 Å². The van der Waals surface area contributed by atoms with Gasteiger partial charge in [0, 0.05) is 16.7 Å². The fraction of sp³-hybridized carbons (Fsp3) is 0.200. The topological polar surface area (TPSA) is 55.2 Å². The molecule has 0 spiro atoms. The molecule has 1 N–H and O–H groups in total. The molecular formula is C25H24FN3O2. The number of benzene rings is 3. The first-order valence-corrected chi connectivity index (χ1v) is 10.1. The normalized spacial score (nSPS) is 12.9. The molecule has 3 aromatic carbocycles. The average Bonchev–Trinajstić information content (AvgIpc) is 2.97. The lowest BCUT2D eigenvalue weighted by Crippen LogP contribution is -2.19. The van der Waals surface area contributed by atoms with Gasteiger partial charge < -0.3 is 9.47 Å². The molecule has 0 radical (unpaired) electrons. The second kappa shape index (κ2) is 9.00. The number of nitrogens with zero attached hydrogens (tertiary/aromatic N) is 2. The molecule has 6 heteroatoms. The molecule has 1 aliphatic rings. The summed E-state index contributed by atoms with van der Waals surface area (Å²) in [6.07, 6.45) is 0. The van der Waals surface area contributed by atoms with E-state index >= 15 is 0 Å². The number of methoxy groups -OCH3 is 1. The Bertz CT molecular complexity index is 1120. The van der Waals surface area contributed by atoms with Gasteiger partial charge in [-0.05, 0) is 72.6 Å². The Morgan fingerprint density at radius 3 is 2.26 bits per heavy atom. The van der Waals surface area contributed by atoms with Crippen molar-refractivity contribution in [1.82, 2.24) is 5.43 Å². The van der Waals surface area contributed by atoms with Crippen molar-refractivity contribution < 1.29 is 13.9 Å². The van der Waals surface area contributed by atoms with E-state index in [0.29, 0.717) is 35.3 Å². The van der Waals surface area contributed by atoms with Crippen molar-refractivity contribution in [3.05, 3.63) is 89.2 Å². The van der Waals surface area contributed by atoms with E-state index in [-0.39, 0.29) is 5.82 Å². The van der Waals surface area contributed by atoms with Gasteiger partial charge in [-0.25, -0.2) is 9.38 Å². The van der Waals surface area contributed by atoms with Crippen LogP contribution in [0.5, 0.6) is 11.5 Å². The Labute approximate surface area is 181 Å². The van der Waals surface area contributed by atoms with Crippen molar-refractivity contribution >= 4 is 17.2 Å². The maximum Gasteiger partial charge on any atom is 0.154 e. The van der Waals surface area contributed by atoms with Gasteiger partial charge in [-0.2, -0.15) is 5.10 Å². The Hall–Kier alpha value is -3.67. The first-order valence-electron chi connectivity index (χ1n) is 10.1. The maximum absolute atomic E-state index is 14.1. The molecule has 0 fully saturated rings. The smallest absolute Gasteiger partial charge is 0.154 e. The molecule has 0 bridgehead atoms. The summed E-state index contributed by atoms with van der Waals surface area (Å²) in [5, 5.41) is 4.58. The van der Waals surface area contributed by atoms with Crippen LogP contribution in [0.1, 0.15) is 30.5 Å². The highest BCUT2D eigenvalue weighted by Gasteiger charge is 2.18. The Morgan fingerprint density at radius 2 is 1.58 bits per heavy atom. The zero-order valence-corrected chi connectivity index (χ0v) is 17.7. The molecule has 31 heavy (non-hydrogen) atoms. The highest BCUT2D eigenvalue weighted by molar-refractivity contribution is 6.18. The zero-order chi connectivity index (χ0) is 21.8. The molecule has 0 amide bonds.